The summed E-state index contributed by atoms with van der Waals surface area (Å²) in [5, 5.41) is 4.04. The van der Waals surface area contributed by atoms with Gasteiger partial charge in [-0.2, -0.15) is 0 Å². The molecule has 1 aliphatic heterocycles. The number of hydrogen-bond donors (Lipinski definition) is 1. The lowest BCUT2D eigenvalue weighted by atomic mass is 9.97. The largest absolute Gasteiger partial charge is 0.483 e. The van der Waals surface area contributed by atoms with Crippen LogP contribution in [-0.4, -0.2) is 43.6 Å². The number of nitrogens with one attached hydrogen (secondary N) is 1. The Morgan fingerprint density at radius 2 is 2.14 bits per heavy atom. The fourth-order valence-corrected chi connectivity index (χ4v) is 2.88. The number of carbonyl (C=O) groups is 1. The maximum absolute atomic E-state index is 12.2. The van der Waals surface area contributed by atoms with E-state index in [2.05, 4.69) is 12.2 Å². The van der Waals surface area contributed by atoms with Crippen LogP contribution in [0.2, 0.25) is 5.02 Å². The first kappa shape index (κ1) is 17.1. The van der Waals surface area contributed by atoms with E-state index in [9.17, 15) is 4.79 Å². The molecule has 1 aromatic carbocycles. The standard InChI is InChI=1S/C17H25ClN2O2/c1-3-19-11-14-7-9-20(10-8-14)17(21)12-22-16-6-4-5-15(18)13(16)2/h4-6,14,19H,3,7-12H2,1-2H3. The van der Waals surface area contributed by atoms with Crippen molar-refractivity contribution in [1.82, 2.24) is 10.2 Å². The lowest BCUT2D eigenvalue weighted by Crippen LogP contribution is -2.42. The summed E-state index contributed by atoms with van der Waals surface area (Å²) in [7, 11) is 0. The van der Waals surface area contributed by atoms with Gasteiger partial charge in [-0.25, -0.2) is 0 Å². The second kappa shape index (κ2) is 8.39. The Balaban J connectivity index is 1.78. The zero-order valence-electron chi connectivity index (χ0n) is 13.4. The van der Waals surface area contributed by atoms with Crippen molar-refractivity contribution in [3.8, 4) is 5.75 Å². The summed E-state index contributed by atoms with van der Waals surface area (Å²) in [6, 6.07) is 5.50. The minimum atomic E-state index is 0.0567. The molecule has 2 rings (SSSR count). The van der Waals surface area contributed by atoms with Gasteiger partial charge in [-0.15, -0.1) is 0 Å². The van der Waals surface area contributed by atoms with Crippen LogP contribution in [-0.2, 0) is 4.79 Å². The Kier molecular flexibility index (Phi) is 6.52. The minimum Gasteiger partial charge on any atom is -0.483 e. The molecule has 0 spiro atoms. The van der Waals surface area contributed by atoms with Crippen LogP contribution in [0, 0.1) is 12.8 Å². The summed E-state index contributed by atoms with van der Waals surface area (Å²) >= 11 is 6.05. The molecule has 0 saturated carbocycles. The fraction of sp³-hybridized carbons (Fsp3) is 0.588. The second-order valence-electron chi connectivity index (χ2n) is 5.78. The summed E-state index contributed by atoms with van der Waals surface area (Å²) in [6.07, 6.45) is 2.13. The summed E-state index contributed by atoms with van der Waals surface area (Å²) in [5.74, 6) is 1.42. The van der Waals surface area contributed by atoms with Gasteiger partial charge in [-0.05, 0) is 50.9 Å². The number of halogens is 1. The zero-order valence-corrected chi connectivity index (χ0v) is 14.2. The molecular formula is C17H25ClN2O2. The van der Waals surface area contributed by atoms with Crippen LogP contribution in [0.3, 0.4) is 0 Å². The Bertz CT molecular complexity index is 499. The first-order valence-electron chi connectivity index (χ1n) is 7.98. The predicted octanol–water partition coefficient (Wildman–Crippen LogP) is 2.88. The molecule has 0 aliphatic carbocycles. The molecule has 0 bridgehead atoms. The van der Waals surface area contributed by atoms with Gasteiger partial charge in [0.1, 0.15) is 5.75 Å². The van der Waals surface area contributed by atoms with Crippen molar-refractivity contribution in [1.29, 1.82) is 0 Å². The minimum absolute atomic E-state index is 0.0567. The molecule has 0 atom stereocenters. The smallest absolute Gasteiger partial charge is 0.260 e. The van der Waals surface area contributed by atoms with Gasteiger partial charge in [0.25, 0.3) is 5.91 Å². The first-order valence-corrected chi connectivity index (χ1v) is 8.36. The highest BCUT2D eigenvalue weighted by Gasteiger charge is 2.22. The molecule has 1 saturated heterocycles. The molecule has 1 fully saturated rings. The van der Waals surface area contributed by atoms with Crippen LogP contribution in [0.15, 0.2) is 18.2 Å². The molecule has 1 N–H and O–H groups in total. The van der Waals surface area contributed by atoms with Crippen LogP contribution >= 0.6 is 11.6 Å². The van der Waals surface area contributed by atoms with Gasteiger partial charge in [0, 0.05) is 23.7 Å². The number of ether oxygens (including phenoxy) is 1. The molecule has 4 nitrogen and oxygen atoms in total. The molecule has 1 amide bonds. The van der Waals surface area contributed by atoms with E-state index >= 15 is 0 Å². The number of nitrogens with zero attached hydrogens (tertiary/aromatic N) is 1. The van der Waals surface area contributed by atoms with Gasteiger partial charge in [0.2, 0.25) is 0 Å². The quantitative estimate of drug-likeness (QED) is 0.875. The van der Waals surface area contributed by atoms with Crippen LogP contribution in [0.25, 0.3) is 0 Å². The predicted molar refractivity (Wildman–Crippen MR) is 89.5 cm³/mol. The van der Waals surface area contributed by atoms with E-state index in [1.165, 1.54) is 0 Å². The lowest BCUT2D eigenvalue weighted by Gasteiger charge is -2.32. The van der Waals surface area contributed by atoms with Gasteiger partial charge in [-0.1, -0.05) is 24.6 Å². The number of amides is 1. The van der Waals surface area contributed by atoms with E-state index in [1.807, 2.05) is 30.0 Å². The molecule has 5 heteroatoms. The summed E-state index contributed by atoms with van der Waals surface area (Å²) in [5.41, 5.74) is 0.876. The van der Waals surface area contributed by atoms with Crippen LogP contribution in [0.4, 0.5) is 0 Å². The number of rotatable bonds is 6. The maximum Gasteiger partial charge on any atom is 0.260 e. The Morgan fingerprint density at radius 3 is 2.82 bits per heavy atom. The first-order chi connectivity index (χ1) is 10.6. The third kappa shape index (κ3) is 4.62. The van der Waals surface area contributed by atoms with E-state index in [-0.39, 0.29) is 12.5 Å². The number of carbonyl (C=O) groups excluding carboxylic acids is 1. The molecule has 0 radical (unpaired) electrons. The van der Waals surface area contributed by atoms with Crippen LogP contribution in [0.5, 0.6) is 5.75 Å². The normalized spacial score (nSPS) is 15.9. The number of hydrogen-bond acceptors (Lipinski definition) is 3. The topological polar surface area (TPSA) is 41.6 Å². The highest BCUT2D eigenvalue weighted by atomic mass is 35.5. The maximum atomic E-state index is 12.2. The monoisotopic (exact) mass is 324 g/mol. The number of likely N-dealkylation sites (tertiary alicyclic amines) is 1. The molecule has 122 valence electrons. The molecular weight excluding hydrogens is 300 g/mol. The third-order valence-electron chi connectivity index (χ3n) is 4.22. The van der Waals surface area contributed by atoms with Crippen molar-refractivity contribution in [3.05, 3.63) is 28.8 Å². The number of piperidine rings is 1. The Hall–Kier alpha value is -1.26. The van der Waals surface area contributed by atoms with E-state index in [4.69, 9.17) is 16.3 Å². The fourth-order valence-electron chi connectivity index (χ4n) is 2.71. The van der Waals surface area contributed by atoms with Gasteiger partial charge in [0.15, 0.2) is 6.61 Å². The summed E-state index contributed by atoms with van der Waals surface area (Å²) in [4.78, 5) is 14.1. The molecule has 1 heterocycles. The van der Waals surface area contributed by atoms with Gasteiger partial charge in [-0.3, -0.25) is 4.79 Å². The average Bonchev–Trinajstić information content (AvgIpc) is 2.54. The van der Waals surface area contributed by atoms with Crippen molar-refractivity contribution in [2.24, 2.45) is 5.92 Å². The van der Waals surface area contributed by atoms with Crippen molar-refractivity contribution >= 4 is 17.5 Å². The summed E-state index contributed by atoms with van der Waals surface area (Å²) in [6.45, 7) is 7.81. The van der Waals surface area contributed by atoms with Gasteiger partial charge >= 0.3 is 0 Å². The van der Waals surface area contributed by atoms with Crippen LogP contribution in [0.1, 0.15) is 25.3 Å². The molecule has 1 aliphatic rings. The van der Waals surface area contributed by atoms with Crippen LogP contribution < -0.4 is 10.1 Å². The third-order valence-corrected chi connectivity index (χ3v) is 4.63. The highest BCUT2D eigenvalue weighted by Crippen LogP contribution is 2.25. The number of benzene rings is 1. The van der Waals surface area contributed by atoms with E-state index in [1.54, 1.807) is 0 Å². The van der Waals surface area contributed by atoms with Crippen molar-refractivity contribution in [2.45, 2.75) is 26.7 Å². The van der Waals surface area contributed by atoms with E-state index in [0.717, 1.165) is 44.6 Å². The SMILES string of the molecule is CCNCC1CCN(C(=O)COc2cccc(Cl)c2C)CC1. The Labute approximate surface area is 137 Å². The van der Waals surface area contributed by atoms with E-state index < -0.39 is 0 Å². The summed E-state index contributed by atoms with van der Waals surface area (Å²) < 4.78 is 5.64. The molecule has 22 heavy (non-hydrogen) atoms. The highest BCUT2D eigenvalue weighted by molar-refractivity contribution is 6.31. The zero-order chi connectivity index (χ0) is 15.9. The molecule has 0 aromatic heterocycles. The van der Waals surface area contributed by atoms with Crippen molar-refractivity contribution < 1.29 is 9.53 Å². The van der Waals surface area contributed by atoms with E-state index in [0.29, 0.717) is 16.7 Å². The average molecular weight is 325 g/mol. The molecule has 0 unspecified atom stereocenters. The second-order valence-corrected chi connectivity index (χ2v) is 6.19. The van der Waals surface area contributed by atoms with Gasteiger partial charge in [0.05, 0.1) is 0 Å². The molecule has 1 aromatic rings. The Morgan fingerprint density at radius 1 is 1.41 bits per heavy atom. The van der Waals surface area contributed by atoms with Crippen molar-refractivity contribution in [2.75, 3.05) is 32.8 Å². The van der Waals surface area contributed by atoms with Crippen molar-refractivity contribution in [3.63, 3.8) is 0 Å². The lowest BCUT2D eigenvalue weighted by molar-refractivity contribution is -0.134. The van der Waals surface area contributed by atoms with Gasteiger partial charge < -0.3 is 15.0 Å².